The number of anilines is 1. The van der Waals surface area contributed by atoms with Crippen molar-refractivity contribution in [1.29, 1.82) is 0 Å². The van der Waals surface area contributed by atoms with Gasteiger partial charge in [0.05, 0.1) is 19.3 Å². The van der Waals surface area contributed by atoms with Gasteiger partial charge in [0.25, 0.3) is 0 Å². The highest BCUT2D eigenvalue weighted by molar-refractivity contribution is 5.60. The number of hydrogen-bond acceptors (Lipinski definition) is 4. The van der Waals surface area contributed by atoms with Crippen molar-refractivity contribution in [3.8, 4) is 5.75 Å². The number of methoxy groups -OCH3 is 1. The third-order valence-corrected chi connectivity index (χ3v) is 3.96. The van der Waals surface area contributed by atoms with Gasteiger partial charge in [-0.05, 0) is 38.3 Å². The maximum absolute atomic E-state index is 10.1. The molecule has 1 heterocycles. The van der Waals surface area contributed by atoms with Gasteiger partial charge in [-0.2, -0.15) is 0 Å². The van der Waals surface area contributed by atoms with Gasteiger partial charge >= 0.3 is 0 Å². The third kappa shape index (κ3) is 3.89. The van der Waals surface area contributed by atoms with E-state index in [-0.39, 0.29) is 6.10 Å². The van der Waals surface area contributed by atoms with Gasteiger partial charge in [-0.3, -0.25) is 0 Å². The van der Waals surface area contributed by atoms with Crippen LogP contribution >= 0.6 is 0 Å². The molecule has 1 aliphatic rings. The van der Waals surface area contributed by atoms with Crippen molar-refractivity contribution in [2.75, 3.05) is 31.7 Å². The van der Waals surface area contributed by atoms with Crippen LogP contribution in [0, 0.1) is 0 Å². The van der Waals surface area contributed by atoms with Crippen LogP contribution in [0.4, 0.5) is 5.69 Å². The third-order valence-electron chi connectivity index (χ3n) is 3.96. The smallest absolute Gasteiger partial charge is 0.126 e. The summed E-state index contributed by atoms with van der Waals surface area (Å²) < 4.78 is 11.3. The SMILES string of the molecule is CCCOC1CCCN(c2cccc(OC)c2[C@H](C)O)C1. The first-order chi connectivity index (χ1) is 10.2. The zero-order valence-corrected chi connectivity index (χ0v) is 13.3. The van der Waals surface area contributed by atoms with E-state index in [2.05, 4.69) is 17.9 Å². The summed E-state index contributed by atoms with van der Waals surface area (Å²) in [6.45, 7) is 6.62. The Morgan fingerprint density at radius 3 is 2.90 bits per heavy atom. The van der Waals surface area contributed by atoms with Crippen molar-refractivity contribution in [2.24, 2.45) is 0 Å². The molecule has 2 atom stereocenters. The lowest BCUT2D eigenvalue weighted by Crippen LogP contribution is -2.40. The second kappa shape index (κ2) is 7.66. The average Bonchev–Trinajstić information content (AvgIpc) is 2.52. The van der Waals surface area contributed by atoms with Crippen molar-refractivity contribution in [1.82, 2.24) is 0 Å². The van der Waals surface area contributed by atoms with Gasteiger partial charge in [-0.1, -0.05) is 13.0 Å². The van der Waals surface area contributed by atoms with Gasteiger partial charge in [0.2, 0.25) is 0 Å². The summed E-state index contributed by atoms with van der Waals surface area (Å²) in [5.41, 5.74) is 1.94. The van der Waals surface area contributed by atoms with Crippen LogP contribution in [-0.2, 0) is 4.74 Å². The summed E-state index contributed by atoms with van der Waals surface area (Å²) in [6.07, 6.45) is 3.02. The first-order valence-electron chi connectivity index (χ1n) is 7.88. The molecule has 0 spiro atoms. The Morgan fingerprint density at radius 1 is 1.43 bits per heavy atom. The van der Waals surface area contributed by atoms with E-state index in [9.17, 15) is 5.11 Å². The minimum atomic E-state index is -0.548. The van der Waals surface area contributed by atoms with Gasteiger partial charge in [0, 0.05) is 30.9 Å². The Hall–Kier alpha value is -1.26. The molecular weight excluding hydrogens is 266 g/mol. The number of rotatable bonds is 6. The molecule has 1 aromatic carbocycles. The minimum Gasteiger partial charge on any atom is -0.496 e. The summed E-state index contributed by atoms with van der Waals surface area (Å²) in [5, 5.41) is 10.1. The number of ether oxygens (including phenoxy) is 2. The van der Waals surface area contributed by atoms with Crippen LogP contribution in [0.3, 0.4) is 0 Å². The van der Waals surface area contributed by atoms with Gasteiger partial charge < -0.3 is 19.5 Å². The maximum atomic E-state index is 10.1. The lowest BCUT2D eigenvalue weighted by Gasteiger charge is -2.36. The number of benzene rings is 1. The fourth-order valence-corrected chi connectivity index (χ4v) is 2.98. The predicted octanol–water partition coefficient (Wildman–Crippen LogP) is 3.14. The molecule has 118 valence electrons. The van der Waals surface area contributed by atoms with E-state index in [1.54, 1.807) is 14.0 Å². The Labute approximate surface area is 127 Å². The van der Waals surface area contributed by atoms with Crippen LogP contribution in [0.1, 0.15) is 44.8 Å². The zero-order chi connectivity index (χ0) is 15.2. The number of aliphatic hydroxyl groups excluding tert-OH is 1. The van der Waals surface area contributed by atoms with Crippen LogP contribution in [-0.4, -0.2) is 38.0 Å². The van der Waals surface area contributed by atoms with Gasteiger partial charge in [0.15, 0.2) is 0 Å². The Morgan fingerprint density at radius 2 is 2.24 bits per heavy atom. The Bertz CT molecular complexity index is 448. The zero-order valence-electron chi connectivity index (χ0n) is 13.3. The van der Waals surface area contributed by atoms with Crippen LogP contribution in [0.5, 0.6) is 5.75 Å². The summed E-state index contributed by atoms with van der Waals surface area (Å²) in [5.74, 6) is 0.749. The monoisotopic (exact) mass is 293 g/mol. The number of hydrogen-bond donors (Lipinski definition) is 1. The van der Waals surface area contributed by atoms with Crippen molar-refractivity contribution in [2.45, 2.75) is 45.3 Å². The molecule has 21 heavy (non-hydrogen) atoms. The van der Waals surface area contributed by atoms with Crippen LogP contribution in [0.15, 0.2) is 18.2 Å². The normalized spacial score (nSPS) is 20.4. The van der Waals surface area contributed by atoms with E-state index in [0.29, 0.717) is 0 Å². The summed E-state index contributed by atoms with van der Waals surface area (Å²) in [4.78, 5) is 2.31. The molecule has 1 N–H and O–H groups in total. The molecule has 0 amide bonds. The van der Waals surface area contributed by atoms with E-state index in [1.165, 1.54) is 0 Å². The summed E-state index contributed by atoms with van der Waals surface area (Å²) in [7, 11) is 1.65. The average molecular weight is 293 g/mol. The molecule has 4 nitrogen and oxygen atoms in total. The molecule has 2 rings (SSSR count). The van der Waals surface area contributed by atoms with Crippen molar-refractivity contribution in [3.05, 3.63) is 23.8 Å². The molecule has 0 aliphatic carbocycles. The van der Waals surface area contributed by atoms with Crippen LogP contribution in [0.2, 0.25) is 0 Å². The second-order valence-corrected chi connectivity index (χ2v) is 5.65. The van der Waals surface area contributed by atoms with E-state index in [1.807, 2.05) is 12.1 Å². The highest BCUT2D eigenvalue weighted by atomic mass is 16.5. The Balaban J connectivity index is 2.20. The molecule has 1 aliphatic heterocycles. The molecule has 1 unspecified atom stereocenters. The molecule has 1 fully saturated rings. The highest BCUT2D eigenvalue weighted by Crippen LogP contribution is 2.35. The highest BCUT2D eigenvalue weighted by Gasteiger charge is 2.24. The molecule has 4 heteroatoms. The summed E-state index contributed by atoms with van der Waals surface area (Å²) in [6, 6.07) is 5.95. The first-order valence-corrected chi connectivity index (χ1v) is 7.88. The molecule has 1 saturated heterocycles. The quantitative estimate of drug-likeness (QED) is 0.875. The topological polar surface area (TPSA) is 41.9 Å². The molecule has 0 radical (unpaired) electrons. The summed E-state index contributed by atoms with van der Waals surface area (Å²) >= 11 is 0. The van der Waals surface area contributed by atoms with Gasteiger partial charge in [-0.25, -0.2) is 0 Å². The van der Waals surface area contributed by atoms with Crippen molar-refractivity contribution < 1.29 is 14.6 Å². The second-order valence-electron chi connectivity index (χ2n) is 5.65. The molecule has 0 aromatic heterocycles. The van der Waals surface area contributed by atoms with Gasteiger partial charge in [-0.15, -0.1) is 0 Å². The van der Waals surface area contributed by atoms with Gasteiger partial charge in [0.1, 0.15) is 5.75 Å². The first kappa shape index (κ1) is 16.1. The molecule has 0 bridgehead atoms. The van der Waals surface area contributed by atoms with Crippen LogP contribution < -0.4 is 9.64 Å². The number of piperidine rings is 1. The van der Waals surface area contributed by atoms with E-state index in [0.717, 1.165) is 56.0 Å². The lowest BCUT2D eigenvalue weighted by atomic mass is 10.0. The largest absolute Gasteiger partial charge is 0.496 e. The number of nitrogens with zero attached hydrogens (tertiary/aromatic N) is 1. The standard InChI is InChI=1S/C17H27NO3/c1-4-11-21-14-7-6-10-18(12-14)15-8-5-9-16(20-3)17(15)13(2)19/h5,8-9,13-14,19H,4,6-7,10-12H2,1-3H3/t13-,14?/m0/s1. The van der Waals surface area contributed by atoms with E-state index >= 15 is 0 Å². The maximum Gasteiger partial charge on any atom is 0.126 e. The Kier molecular flexibility index (Phi) is 5.88. The van der Waals surface area contributed by atoms with Crippen molar-refractivity contribution >= 4 is 5.69 Å². The predicted molar refractivity (Wildman–Crippen MR) is 85.1 cm³/mol. The number of aliphatic hydroxyl groups is 1. The van der Waals surface area contributed by atoms with Crippen LogP contribution in [0.25, 0.3) is 0 Å². The fourth-order valence-electron chi connectivity index (χ4n) is 2.98. The molecule has 1 aromatic rings. The lowest BCUT2D eigenvalue weighted by molar-refractivity contribution is 0.0439. The molecule has 0 saturated carbocycles. The fraction of sp³-hybridized carbons (Fsp3) is 0.647. The minimum absolute atomic E-state index is 0.284. The molecular formula is C17H27NO3. The van der Waals surface area contributed by atoms with E-state index < -0.39 is 6.10 Å². The van der Waals surface area contributed by atoms with Crippen molar-refractivity contribution in [3.63, 3.8) is 0 Å². The van der Waals surface area contributed by atoms with E-state index in [4.69, 9.17) is 9.47 Å².